The van der Waals surface area contributed by atoms with E-state index in [0.717, 1.165) is 12.1 Å². The maximum absolute atomic E-state index is 5.32. The second kappa shape index (κ2) is 3.45. The molecule has 0 fully saturated rings. The molecule has 0 aliphatic rings. The molecular weight excluding hydrogens is 142 g/mol. The van der Waals surface area contributed by atoms with Crippen LogP contribution in [-0.4, -0.2) is 15.0 Å². The summed E-state index contributed by atoms with van der Waals surface area (Å²) in [6, 6.07) is 0.148. The molecule has 1 atom stereocenters. The average Bonchev–Trinajstić information content (AvgIpc) is 2.40. The largest absolute Gasteiger partial charge is 0.271 e. The molecule has 11 heavy (non-hydrogen) atoms. The van der Waals surface area contributed by atoms with Gasteiger partial charge in [-0.05, 0) is 6.42 Å². The summed E-state index contributed by atoms with van der Waals surface area (Å²) in [5.74, 6) is 5.32. The Hall–Kier alpha value is -0.940. The fraction of sp³-hybridized carbons (Fsp3) is 0.667. The van der Waals surface area contributed by atoms with E-state index in [1.807, 2.05) is 7.05 Å². The Bertz CT molecular complexity index is 215. The molecule has 5 nitrogen and oxygen atoms in total. The number of hydrazine groups is 1. The molecule has 0 aliphatic carbocycles. The fourth-order valence-corrected chi connectivity index (χ4v) is 1.03. The molecule has 1 aromatic heterocycles. The molecule has 0 saturated carbocycles. The van der Waals surface area contributed by atoms with Gasteiger partial charge in [0.25, 0.3) is 0 Å². The van der Waals surface area contributed by atoms with Crippen molar-refractivity contribution < 1.29 is 0 Å². The van der Waals surface area contributed by atoms with E-state index in [1.54, 1.807) is 10.9 Å². The van der Waals surface area contributed by atoms with E-state index in [4.69, 9.17) is 5.84 Å². The number of nitrogens with two attached hydrogens (primary N) is 1. The number of hydrogen-bond acceptors (Lipinski definition) is 4. The Kier molecular flexibility index (Phi) is 2.56. The van der Waals surface area contributed by atoms with Crippen LogP contribution < -0.4 is 11.3 Å². The smallest absolute Gasteiger partial charge is 0.0766 e. The number of aromatic nitrogens is 3. The molecule has 0 radical (unpaired) electrons. The summed E-state index contributed by atoms with van der Waals surface area (Å²) in [5, 5.41) is 7.56. The van der Waals surface area contributed by atoms with Crippen LogP contribution in [0.25, 0.3) is 0 Å². The molecule has 62 valence electrons. The van der Waals surface area contributed by atoms with Crippen molar-refractivity contribution in [3.05, 3.63) is 11.9 Å². The maximum Gasteiger partial charge on any atom is 0.0766 e. The van der Waals surface area contributed by atoms with Gasteiger partial charge in [0, 0.05) is 7.05 Å². The molecule has 1 unspecified atom stereocenters. The van der Waals surface area contributed by atoms with E-state index < -0.39 is 0 Å². The molecule has 1 rings (SSSR count). The minimum absolute atomic E-state index is 0.148. The third-order valence-corrected chi connectivity index (χ3v) is 1.72. The molecule has 1 aromatic rings. The molecule has 0 saturated heterocycles. The van der Waals surface area contributed by atoms with E-state index >= 15 is 0 Å². The molecule has 0 spiro atoms. The Labute approximate surface area is 65.5 Å². The van der Waals surface area contributed by atoms with Crippen LogP contribution in [0, 0.1) is 0 Å². The lowest BCUT2D eigenvalue weighted by Gasteiger charge is -2.11. The van der Waals surface area contributed by atoms with Crippen molar-refractivity contribution in [1.29, 1.82) is 0 Å². The van der Waals surface area contributed by atoms with Crippen molar-refractivity contribution in [3.63, 3.8) is 0 Å². The van der Waals surface area contributed by atoms with E-state index in [2.05, 4.69) is 22.7 Å². The molecule has 1 heterocycles. The number of nitrogens with zero attached hydrogens (tertiary/aromatic N) is 3. The first-order valence-corrected chi connectivity index (χ1v) is 3.60. The van der Waals surface area contributed by atoms with Crippen LogP contribution in [-0.2, 0) is 7.05 Å². The third-order valence-electron chi connectivity index (χ3n) is 1.72. The van der Waals surface area contributed by atoms with Gasteiger partial charge in [0.05, 0.1) is 17.9 Å². The van der Waals surface area contributed by atoms with Crippen LogP contribution in [0.5, 0.6) is 0 Å². The molecule has 0 bridgehead atoms. The number of rotatable bonds is 3. The Morgan fingerprint density at radius 1 is 1.82 bits per heavy atom. The lowest BCUT2D eigenvalue weighted by molar-refractivity contribution is 0.497. The van der Waals surface area contributed by atoms with E-state index in [0.29, 0.717) is 0 Å². The highest BCUT2D eigenvalue weighted by molar-refractivity contribution is 5.00. The summed E-state index contributed by atoms with van der Waals surface area (Å²) < 4.78 is 1.72. The second-order valence-corrected chi connectivity index (χ2v) is 2.41. The van der Waals surface area contributed by atoms with Crippen LogP contribution in [0.1, 0.15) is 25.1 Å². The summed E-state index contributed by atoms with van der Waals surface area (Å²) in [4.78, 5) is 0. The average molecular weight is 155 g/mol. The van der Waals surface area contributed by atoms with E-state index in [1.165, 1.54) is 0 Å². The summed E-state index contributed by atoms with van der Waals surface area (Å²) in [5.41, 5.74) is 3.70. The third kappa shape index (κ3) is 1.55. The van der Waals surface area contributed by atoms with Crippen molar-refractivity contribution in [2.24, 2.45) is 12.9 Å². The van der Waals surface area contributed by atoms with Gasteiger partial charge >= 0.3 is 0 Å². The van der Waals surface area contributed by atoms with Gasteiger partial charge in [-0.25, -0.2) is 0 Å². The highest BCUT2D eigenvalue weighted by atomic mass is 15.4. The quantitative estimate of drug-likeness (QED) is 0.465. The van der Waals surface area contributed by atoms with Crippen molar-refractivity contribution in [1.82, 2.24) is 20.4 Å². The van der Waals surface area contributed by atoms with Crippen molar-refractivity contribution >= 4 is 0 Å². The number of hydrogen-bond donors (Lipinski definition) is 2. The topological polar surface area (TPSA) is 68.8 Å². The van der Waals surface area contributed by atoms with Crippen LogP contribution in [0.2, 0.25) is 0 Å². The number of aryl methyl sites for hydroxylation is 1. The lowest BCUT2D eigenvalue weighted by atomic mass is 10.2. The Balaban J connectivity index is 2.81. The minimum Gasteiger partial charge on any atom is -0.271 e. The van der Waals surface area contributed by atoms with Crippen LogP contribution in [0.15, 0.2) is 6.20 Å². The standard InChI is InChI=1S/C6H13N5/c1-3-5(9-7)6-4-8-10-11(6)2/h4-5,9H,3,7H2,1-2H3. The lowest BCUT2D eigenvalue weighted by Crippen LogP contribution is -2.28. The van der Waals surface area contributed by atoms with Crippen molar-refractivity contribution in [2.45, 2.75) is 19.4 Å². The minimum atomic E-state index is 0.148. The molecular formula is C6H13N5. The van der Waals surface area contributed by atoms with Gasteiger partial charge in [-0.3, -0.25) is 16.0 Å². The van der Waals surface area contributed by atoms with E-state index in [-0.39, 0.29) is 6.04 Å². The first kappa shape index (κ1) is 8.16. The predicted octanol–water partition coefficient (Wildman–Crippen LogP) is -0.271. The van der Waals surface area contributed by atoms with Gasteiger partial charge in [0.15, 0.2) is 0 Å². The first-order valence-electron chi connectivity index (χ1n) is 3.60. The summed E-state index contributed by atoms with van der Waals surface area (Å²) >= 11 is 0. The van der Waals surface area contributed by atoms with Gasteiger partial charge in [-0.2, -0.15) is 0 Å². The summed E-state index contributed by atoms with van der Waals surface area (Å²) in [6.07, 6.45) is 2.64. The normalized spacial score (nSPS) is 13.4. The highest BCUT2D eigenvalue weighted by Gasteiger charge is 2.10. The van der Waals surface area contributed by atoms with Gasteiger partial charge < -0.3 is 0 Å². The van der Waals surface area contributed by atoms with Crippen LogP contribution in [0.3, 0.4) is 0 Å². The number of nitrogens with one attached hydrogen (secondary N) is 1. The zero-order valence-electron chi connectivity index (χ0n) is 6.78. The van der Waals surface area contributed by atoms with Crippen molar-refractivity contribution in [2.75, 3.05) is 0 Å². The first-order chi connectivity index (χ1) is 5.29. The second-order valence-electron chi connectivity index (χ2n) is 2.41. The van der Waals surface area contributed by atoms with Crippen molar-refractivity contribution in [3.8, 4) is 0 Å². The monoisotopic (exact) mass is 155 g/mol. The maximum atomic E-state index is 5.32. The Morgan fingerprint density at radius 2 is 2.55 bits per heavy atom. The molecule has 5 heteroatoms. The van der Waals surface area contributed by atoms with Gasteiger partial charge in [-0.15, -0.1) is 5.10 Å². The van der Waals surface area contributed by atoms with Gasteiger partial charge in [0.1, 0.15) is 0 Å². The predicted molar refractivity (Wildman–Crippen MR) is 41.4 cm³/mol. The Morgan fingerprint density at radius 3 is 2.91 bits per heavy atom. The molecule has 0 aromatic carbocycles. The van der Waals surface area contributed by atoms with Crippen LogP contribution in [0.4, 0.5) is 0 Å². The van der Waals surface area contributed by atoms with Crippen LogP contribution >= 0.6 is 0 Å². The SMILES string of the molecule is CCC(NN)c1cnnn1C. The molecule has 0 aliphatic heterocycles. The van der Waals surface area contributed by atoms with E-state index in [9.17, 15) is 0 Å². The van der Waals surface area contributed by atoms with Gasteiger partial charge in [-0.1, -0.05) is 12.1 Å². The molecule has 0 amide bonds. The zero-order chi connectivity index (χ0) is 8.27. The summed E-state index contributed by atoms with van der Waals surface area (Å²) in [6.45, 7) is 2.05. The molecule has 3 N–H and O–H groups in total. The van der Waals surface area contributed by atoms with Gasteiger partial charge in [0.2, 0.25) is 0 Å². The summed E-state index contributed by atoms with van der Waals surface area (Å²) in [7, 11) is 1.85. The fourth-order valence-electron chi connectivity index (χ4n) is 1.03. The highest BCUT2D eigenvalue weighted by Crippen LogP contribution is 2.11. The zero-order valence-corrected chi connectivity index (χ0v) is 6.78.